The predicted molar refractivity (Wildman–Crippen MR) is 112 cm³/mol. The standard InChI is InChI=1S/C22H30N4O3/c1-18(27)15-24(2)22(28)20-17-29-21(23-20)16-26-13-11-25(12-14-26)10-6-9-19-7-4-3-5-8-19/h3-9,17-18,27H,10-16H2,1-2H3. The topological polar surface area (TPSA) is 73.1 Å². The van der Waals surface area contributed by atoms with E-state index in [1.807, 2.05) is 18.2 Å². The molecule has 2 heterocycles. The number of oxazole rings is 1. The Morgan fingerprint density at radius 1 is 1.24 bits per heavy atom. The molecule has 1 aliphatic rings. The summed E-state index contributed by atoms with van der Waals surface area (Å²) in [5, 5.41) is 9.42. The number of aromatic nitrogens is 1. The highest BCUT2D eigenvalue weighted by atomic mass is 16.3. The summed E-state index contributed by atoms with van der Waals surface area (Å²) in [5.41, 5.74) is 1.51. The maximum Gasteiger partial charge on any atom is 0.275 e. The Labute approximate surface area is 172 Å². The first-order valence-corrected chi connectivity index (χ1v) is 10.1. The number of aliphatic hydroxyl groups is 1. The van der Waals surface area contributed by atoms with Crippen molar-refractivity contribution in [3.8, 4) is 0 Å². The normalized spacial score (nSPS) is 16.9. The molecule has 29 heavy (non-hydrogen) atoms. The number of carbonyl (C=O) groups excluding carboxylic acids is 1. The SMILES string of the molecule is CC(O)CN(C)C(=O)c1coc(CN2CCN(CC=Cc3ccccc3)CC2)n1. The fraction of sp³-hybridized carbons (Fsp3) is 0.455. The minimum atomic E-state index is -0.575. The molecule has 0 spiro atoms. The van der Waals surface area contributed by atoms with Crippen LogP contribution in [0.2, 0.25) is 0 Å². The molecule has 1 aliphatic heterocycles. The van der Waals surface area contributed by atoms with E-state index in [1.54, 1.807) is 14.0 Å². The van der Waals surface area contributed by atoms with E-state index in [2.05, 4.69) is 39.1 Å². The molecule has 1 fully saturated rings. The minimum Gasteiger partial charge on any atom is -0.447 e. The number of benzene rings is 1. The molecule has 1 atom stereocenters. The van der Waals surface area contributed by atoms with Gasteiger partial charge in [0.25, 0.3) is 5.91 Å². The molecule has 1 N–H and O–H groups in total. The van der Waals surface area contributed by atoms with Crippen molar-refractivity contribution in [2.75, 3.05) is 46.3 Å². The number of nitrogens with zero attached hydrogens (tertiary/aromatic N) is 4. The van der Waals surface area contributed by atoms with Gasteiger partial charge in [-0.25, -0.2) is 4.98 Å². The fourth-order valence-electron chi connectivity index (χ4n) is 3.38. The highest BCUT2D eigenvalue weighted by Crippen LogP contribution is 2.11. The molecule has 0 aliphatic carbocycles. The number of amides is 1. The number of piperazine rings is 1. The van der Waals surface area contributed by atoms with Gasteiger partial charge in [0.15, 0.2) is 5.69 Å². The van der Waals surface area contributed by atoms with Crippen LogP contribution in [0.25, 0.3) is 6.08 Å². The zero-order valence-corrected chi connectivity index (χ0v) is 17.2. The first-order chi connectivity index (χ1) is 14.0. The molecule has 1 aromatic heterocycles. The van der Waals surface area contributed by atoms with Crippen LogP contribution in [0.15, 0.2) is 47.1 Å². The summed E-state index contributed by atoms with van der Waals surface area (Å²) < 4.78 is 5.50. The number of rotatable bonds is 8. The lowest BCUT2D eigenvalue weighted by molar-refractivity contribution is 0.0698. The summed E-state index contributed by atoms with van der Waals surface area (Å²) in [6.45, 7) is 7.30. The van der Waals surface area contributed by atoms with Gasteiger partial charge in [-0.3, -0.25) is 14.6 Å². The summed E-state index contributed by atoms with van der Waals surface area (Å²) in [7, 11) is 1.65. The molecule has 3 rings (SSSR count). The first-order valence-electron chi connectivity index (χ1n) is 10.1. The highest BCUT2D eigenvalue weighted by Gasteiger charge is 2.21. The molecule has 2 aromatic rings. The lowest BCUT2D eigenvalue weighted by Crippen LogP contribution is -2.45. The Balaban J connectivity index is 1.42. The van der Waals surface area contributed by atoms with Gasteiger partial charge in [-0.1, -0.05) is 42.5 Å². The minimum absolute atomic E-state index is 0.240. The summed E-state index contributed by atoms with van der Waals surface area (Å²) in [5.74, 6) is 0.312. The number of aliphatic hydroxyl groups excluding tert-OH is 1. The number of hydrogen-bond donors (Lipinski definition) is 1. The van der Waals surface area contributed by atoms with Gasteiger partial charge in [0.05, 0.1) is 12.6 Å². The molecule has 7 heteroatoms. The Morgan fingerprint density at radius 3 is 2.62 bits per heavy atom. The molecule has 1 saturated heterocycles. The van der Waals surface area contributed by atoms with Crippen LogP contribution in [0, 0.1) is 0 Å². The Morgan fingerprint density at radius 2 is 1.93 bits per heavy atom. The lowest BCUT2D eigenvalue weighted by Gasteiger charge is -2.33. The van der Waals surface area contributed by atoms with Crippen LogP contribution in [0.1, 0.15) is 28.9 Å². The van der Waals surface area contributed by atoms with Crippen molar-refractivity contribution < 1.29 is 14.3 Å². The van der Waals surface area contributed by atoms with Crippen molar-refractivity contribution in [2.45, 2.75) is 19.6 Å². The largest absolute Gasteiger partial charge is 0.447 e. The van der Waals surface area contributed by atoms with Gasteiger partial charge in [0.1, 0.15) is 6.26 Å². The third-order valence-corrected chi connectivity index (χ3v) is 4.95. The molecule has 1 amide bonds. The molecule has 0 bridgehead atoms. The van der Waals surface area contributed by atoms with E-state index in [1.165, 1.54) is 16.7 Å². The molecular weight excluding hydrogens is 368 g/mol. The van der Waals surface area contributed by atoms with Gasteiger partial charge in [-0.05, 0) is 12.5 Å². The first kappa shape index (κ1) is 21.2. The smallest absolute Gasteiger partial charge is 0.275 e. The van der Waals surface area contributed by atoms with Crippen molar-refractivity contribution in [1.29, 1.82) is 0 Å². The summed E-state index contributed by atoms with van der Waals surface area (Å²) in [6, 6.07) is 10.3. The Hall–Kier alpha value is -2.48. The fourth-order valence-corrected chi connectivity index (χ4v) is 3.38. The molecular formula is C22H30N4O3. The van der Waals surface area contributed by atoms with Gasteiger partial charge in [-0.2, -0.15) is 0 Å². The van der Waals surface area contributed by atoms with Crippen molar-refractivity contribution in [1.82, 2.24) is 19.7 Å². The summed E-state index contributed by atoms with van der Waals surface area (Å²) in [6.07, 6.45) is 5.20. The summed E-state index contributed by atoms with van der Waals surface area (Å²) in [4.78, 5) is 22.8. The molecule has 1 aromatic carbocycles. The van der Waals surface area contributed by atoms with Gasteiger partial charge in [0, 0.05) is 46.3 Å². The van der Waals surface area contributed by atoms with E-state index in [-0.39, 0.29) is 18.1 Å². The van der Waals surface area contributed by atoms with Crippen molar-refractivity contribution >= 4 is 12.0 Å². The average molecular weight is 399 g/mol. The van der Waals surface area contributed by atoms with E-state index in [4.69, 9.17) is 4.42 Å². The van der Waals surface area contributed by atoms with Crippen LogP contribution in [0.3, 0.4) is 0 Å². The molecule has 156 valence electrons. The Kier molecular flexibility index (Phi) is 7.57. The zero-order valence-electron chi connectivity index (χ0n) is 17.2. The van der Waals surface area contributed by atoms with Crippen LogP contribution < -0.4 is 0 Å². The molecule has 7 nitrogen and oxygen atoms in total. The monoisotopic (exact) mass is 398 g/mol. The maximum absolute atomic E-state index is 12.3. The number of carbonyl (C=O) groups is 1. The predicted octanol–water partition coefficient (Wildman–Crippen LogP) is 1.96. The van der Waals surface area contributed by atoms with E-state index >= 15 is 0 Å². The van der Waals surface area contributed by atoms with E-state index in [9.17, 15) is 9.90 Å². The van der Waals surface area contributed by atoms with Gasteiger partial charge in [-0.15, -0.1) is 0 Å². The van der Waals surface area contributed by atoms with E-state index < -0.39 is 6.10 Å². The highest BCUT2D eigenvalue weighted by molar-refractivity contribution is 5.91. The second kappa shape index (κ2) is 10.3. The lowest BCUT2D eigenvalue weighted by atomic mass is 10.2. The maximum atomic E-state index is 12.3. The second-order valence-corrected chi connectivity index (χ2v) is 7.55. The molecule has 1 unspecified atom stereocenters. The van der Waals surface area contributed by atoms with E-state index in [0.29, 0.717) is 12.4 Å². The van der Waals surface area contributed by atoms with Gasteiger partial charge in [0.2, 0.25) is 5.89 Å². The summed E-state index contributed by atoms with van der Waals surface area (Å²) >= 11 is 0. The third kappa shape index (κ3) is 6.52. The number of hydrogen-bond acceptors (Lipinski definition) is 6. The van der Waals surface area contributed by atoms with Crippen LogP contribution in [0.4, 0.5) is 0 Å². The van der Waals surface area contributed by atoms with E-state index in [0.717, 1.165) is 32.7 Å². The van der Waals surface area contributed by atoms with Gasteiger partial charge >= 0.3 is 0 Å². The average Bonchev–Trinajstić information content (AvgIpc) is 3.17. The number of likely N-dealkylation sites (N-methyl/N-ethyl adjacent to an activating group) is 1. The van der Waals surface area contributed by atoms with Crippen LogP contribution in [-0.4, -0.2) is 83.1 Å². The van der Waals surface area contributed by atoms with Crippen LogP contribution in [-0.2, 0) is 6.54 Å². The molecule has 0 saturated carbocycles. The van der Waals surface area contributed by atoms with Crippen LogP contribution in [0.5, 0.6) is 0 Å². The zero-order chi connectivity index (χ0) is 20.6. The van der Waals surface area contributed by atoms with Crippen molar-refractivity contribution in [3.05, 3.63) is 59.8 Å². The van der Waals surface area contributed by atoms with Crippen LogP contribution >= 0.6 is 0 Å². The molecule has 0 radical (unpaired) electrons. The second-order valence-electron chi connectivity index (χ2n) is 7.55. The van der Waals surface area contributed by atoms with Crippen molar-refractivity contribution in [3.63, 3.8) is 0 Å². The quantitative estimate of drug-likeness (QED) is 0.733. The Bertz CT molecular complexity index is 795. The van der Waals surface area contributed by atoms with Gasteiger partial charge < -0.3 is 14.4 Å². The third-order valence-electron chi connectivity index (χ3n) is 4.95. The van der Waals surface area contributed by atoms with Crippen molar-refractivity contribution in [2.24, 2.45) is 0 Å².